The fraction of sp³-hybridized carbons (Fsp3) is 0.688. The van der Waals surface area contributed by atoms with Gasteiger partial charge in [-0.2, -0.15) is 0 Å². The summed E-state index contributed by atoms with van der Waals surface area (Å²) in [6, 6.07) is 3.47. The number of rotatable bonds is 6. The van der Waals surface area contributed by atoms with E-state index in [1.54, 1.807) is 6.07 Å². The summed E-state index contributed by atoms with van der Waals surface area (Å²) < 4.78 is 12.9. The lowest BCUT2D eigenvalue weighted by molar-refractivity contribution is 0.175. The fourth-order valence-electron chi connectivity index (χ4n) is 2.96. The number of likely N-dealkylation sites (tertiary alicyclic amines) is 1. The Bertz CT molecular complexity index is 385. The largest absolute Gasteiger partial charge is 0.312 e. The first kappa shape index (κ1) is 15.4. The summed E-state index contributed by atoms with van der Waals surface area (Å²) in [7, 11) is 1.94. The van der Waals surface area contributed by atoms with E-state index < -0.39 is 0 Å². The van der Waals surface area contributed by atoms with Crippen LogP contribution in [0.2, 0.25) is 0 Å². The molecular weight excluding hydrogens is 253 g/mol. The second kappa shape index (κ2) is 7.70. The van der Waals surface area contributed by atoms with E-state index in [4.69, 9.17) is 0 Å². The van der Waals surface area contributed by atoms with E-state index in [1.807, 2.05) is 7.05 Å². The van der Waals surface area contributed by atoms with Crippen molar-refractivity contribution in [3.63, 3.8) is 0 Å². The zero-order valence-corrected chi connectivity index (χ0v) is 12.6. The van der Waals surface area contributed by atoms with Gasteiger partial charge in [-0.15, -0.1) is 0 Å². The molecule has 0 radical (unpaired) electrons. The monoisotopic (exact) mass is 279 g/mol. The third-order valence-corrected chi connectivity index (χ3v) is 4.47. The van der Waals surface area contributed by atoms with Gasteiger partial charge in [-0.1, -0.05) is 13.3 Å². The van der Waals surface area contributed by atoms with Crippen LogP contribution in [0, 0.1) is 11.7 Å². The van der Waals surface area contributed by atoms with Crippen LogP contribution in [0.15, 0.2) is 18.3 Å². The highest BCUT2D eigenvalue weighted by atomic mass is 19.1. The van der Waals surface area contributed by atoms with Crippen LogP contribution in [-0.2, 0) is 0 Å². The lowest BCUT2D eigenvalue weighted by Gasteiger charge is -2.32. The predicted molar refractivity (Wildman–Crippen MR) is 80.1 cm³/mol. The molecule has 1 fully saturated rings. The van der Waals surface area contributed by atoms with Crippen molar-refractivity contribution in [2.75, 3.05) is 26.7 Å². The molecule has 1 unspecified atom stereocenters. The van der Waals surface area contributed by atoms with Crippen molar-refractivity contribution in [2.24, 2.45) is 5.92 Å². The molecule has 1 N–H and O–H groups in total. The Kier molecular flexibility index (Phi) is 5.92. The summed E-state index contributed by atoms with van der Waals surface area (Å²) in [6.45, 7) is 5.80. The molecule has 0 spiro atoms. The van der Waals surface area contributed by atoms with Crippen LogP contribution in [0.3, 0.4) is 0 Å². The van der Waals surface area contributed by atoms with Crippen LogP contribution in [0.5, 0.6) is 0 Å². The second-order valence-electron chi connectivity index (χ2n) is 5.72. The quantitative estimate of drug-likeness (QED) is 0.867. The lowest BCUT2D eigenvalue weighted by Crippen LogP contribution is -2.35. The number of aromatic nitrogens is 1. The zero-order valence-electron chi connectivity index (χ0n) is 12.6. The molecule has 20 heavy (non-hydrogen) atoms. The van der Waals surface area contributed by atoms with Gasteiger partial charge >= 0.3 is 0 Å². The predicted octanol–water partition coefficient (Wildman–Crippen LogP) is 2.99. The topological polar surface area (TPSA) is 28.2 Å². The molecule has 1 aromatic rings. The van der Waals surface area contributed by atoms with Crippen molar-refractivity contribution in [3.05, 3.63) is 29.8 Å². The summed E-state index contributed by atoms with van der Waals surface area (Å²) in [5, 5.41) is 3.29. The first-order valence-electron chi connectivity index (χ1n) is 7.74. The smallest absolute Gasteiger partial charge is 0.141 e. The molecule has 4 heteroatoms. The molecule has 1 atom stereocenters. The van der Waals surface area contributed by atoms with Gasteiger partial charge in [0.2, 0.25) is 0 Å². The van der Waals surface area contributed by atoms with E-state index >= 15 is 0 Å². The van der Waals surface area contributed by atoms with Crippen LogP contribution in [0.1, 0.15) is 44.3 Å². The van der Waals surface area contributed by atoms with Crippen LogP contribution in [-0.4, -0.2) is 36.6 Å². The minimum atomic E-state index is -0.273. The summed E-state index contributed by atoms with van der Waals surface area (Å²) in [5.41, 5.74) is 0.928. The van der Waals surface area contributed by atoms with Crippen molar-refractivity contribution in [2.45, 2.75) is 38.6 Å². The number of halogens is 1. The number of nitrogens with one attached hydrogen (secondary N) is 1. The minimum Gasteiger partial charge on any atom is -0.312 e. The molecule has 1 aliphatic heterocycles. The molecule has 0 bridgehead atoms. The van der Waals surface area contributed by atoms with Gasteiger partial charge in [0, 0.05) is 0 Å². The average molecular weight is 279 g/mol. The van der Waals surface area contributed by atoms with E-state index in [1.165, 1.54) is 44.6 Å². The molecule has 1 aromatic heterocycles. The lowest BCUT2D eigenvalue weighted by atomic mass is 9.94. The first-order chi connectivity index (χ1) is 9.72. The zero-order chi connectivity index (χ0) is 14.4. The van der Waals surface area contributed by atoms with Crippen molar-refractivity contribution < 1.29 is 4.39 Å². The van der Waals surface area contributed by atoms with Crippen LogP contribution in [0.25, 0.3) is 0 Å². The maximum absolute atomic E-state index is 12.9. The Labute approximate surface area is 121 Å². The molecular formula is C16H26FN3. The molecule has 2 heterocycles. The van der Waals surface area contributed by atoms with Gasteiger partial charge < -0.3 is 10.2 Å². The van der Waals surface area contributed by atoms with Gasteiger partial charge in [0.15, 0.2) is 0 Å². The van der Waals surface area contributed by atoms with E-state index in [2.05, 4.69) is 22.1 Å². The maximum Gasteiger partial charge on any atom is 0.141 e. The fourth-order valence-corrected chi connectivity index (χ4v) is 2.96. The third kappa shape index (κ3) is 4.25. The van der Waals surface area contributed by atoms with E-state index in [0.29, 0.717) is 0 Å². The second-order valence-corrected chi connectivity index (χ2v) is 5.72. The van der Waals surface area contributed by atoms with Crippen LogP contribution >= 0.6 is 0 Å². The van der Waals surface area contributed by atoms with Gasteiger partial charge in [0.05, 0.1) is 17.9 Å². The summed E-state index contributed by atoms with van der Waals surface area (Å²) in [4.78, 5) is 6.72. The Hall–Kier alpha value is -1.00. The van der Waals surface area contributed by atoms with Crippen LogP contribution < -0.4 is 5.32 Å². The summed E-state index contributed by atoms with van der Waals surface area (Å²) in [5.74, 6) is 0.648. The highest BCUT2D eigenvalue weighted by molar-refractivity contribution is 5.09. The van der Waals surface area contributed by atoms with Gasteiger partial charge in [-0.25, -0.2) is 4.39 Å². The van der Waals surface area contributed by atoms with Gasteiger partial charge in [0.1, 0.15) is 5.82 Å². The number of piperidine rings is 1. The molecule has 112 valence electrons. The third-order valence-electron chi connectivity index (χ3n) is 4.47. The molecule has 0 amide bonds. The van der Waals surface area contributed by atoms with Gasteiger partial charge in [0.25, 0.3) is 0 Å². The highest BCUT2D eigenvalue weighted by Gasteiger charge is 2.19. The molecule has 1 aliphatic rings. The SMILES string of the molecule is CCC1CCN(CCC(NC)c2ccc(F)cn2)CC1. The number of pyridine rings is 1. The van der Waals surface area contributed by atoms with E-state index in [0.717, 1.165) is 24.6 Å². The molecule has 0 aromatic carbocycles. The highest BCUT2D eigenvalue weighted by Crippen LogP contribution is 2.21. The Morgan fingerprint density at radius 3 is 2.70 bits per heavy atom. The molecule has 2 rings (SSSR count). The number of nitrogens with zero attached hydrogens (tertiary/aromatic N) is 2. The van der Waals surface area contributed by atoms with Gasteiger partial charge in [-0.3, -0.25) is 4.98 Å². The number of hydrogen-bond acceptors (Lipinski definition) is 3. The summed E-state index contributed by atoms with van der Waals surface area (Å²) in [6.07, 6.45) is 6.29. The van der Waals surface area contributed by atoms with Crippen molar-refractivity contribution >= 4 is 0 Å². The maximum atomic E-state index is 12.9. The van der Waals surface area contributed by atoms with Crippen molar-refractivity contribution in [1.82, 2.24) is 15.2 Å². The molecule has 0 aliphatic carbocycles. The number of hydrogen-bond donors (Lipinski definition) is 1. The Morgan fingerprint density at radius 1 is 1.40 bits per heavy atom. The summed E-state index contributed by atoms with van der Waals surface area (Å²) >= 11 is 0. The van der Waals surface area contributed by atoms with Crippen molar-refractivity contribution in [1.29, 1.82) is 0 Å². The van der Waals surface area contributed by atoms with Crippen molar-refractivity contribution in [3.8, 4) is 0 Å². The normalized spacial score (nSPS) is 19.1. The Morgan fingerprint density at radius 2 is 2.15 bits per heavy atom. The van der Waals surface area contributed by atoms with Crippen LogP contribution in [0.4, 0.5) is 4.39 Å². The average Bonchev–Trinajstić information content (AvgIpc) is 2.50. The molecule has 3 nitrogen and oxygen atoms in total. The molecule has 1 saturated heterocycles. The first-order valence-corrected chi connectivity index (χ1v) is 7.74. The van der Waals surface area contributed by atoms with E-state index in [9.17, 15) is 4.39 Å². The van der Waals surface area contributed by atoms with Gasteiger partial charge in [-0.05, 0) is 64.0 Å². The Balaban J connectivity index is 1.81. The molecule has 0 saturated carbocycles. The minimum absolute atomic E-state index is 0.208. The standard InChI is InChI=1S/C16H26FN3/c1-3-13-6-9-20(10-7-13)11-8-15(18-2)16-5-4-14(17)12-19-16/h4-5,12-13,15,18H,3,6-11H2,1-2H3. The van der Waals surface area contributed by atoms with E-state index in [-0.39, 0.29) is 11.9 Å².